The summed E-state index contributed by atoms with van der Waals surface area (Å²) in [5.41, 5.74) is 0.961. The molecule has 0 atom stereocenters. The zero-order valence-corrected chi connectivity index (χ0v) is 21.5. The van der Waals surface area contributed by atoms with Crippen molar-refractivity contribution in [1.29, 1.82) is 0 Å². The zero-order chi connectivity index (χ0) is 24.5. The second-order valence-electron chi connectivity index (χ2n) is 7.78. The molecule has 0 aliphatic carbocycles. The lowest BCUT2D eigenvalue weighted by Gasteiger charge is -2.22. The van der Waals surface area contributed by atoms with Crippen molar-refractivity contribution in [2.24, 2.45) is 0 Å². The van der Waals surface area contributed by atoms with Crippen molar-refractivity contribution in [3.8, 4) is 0 Å². The summed E-state index contributed by atoms with van der Waals surface area (Å²) in [6, 6.07) is 12.0. The van der Waals surface area contributed by atoms with Gasteiger partial charge in [-0.3, -0.25) is 0 Å². The Kier molecular flexibility index (Phi) is 7.31. The third kappa shape index (κ3) is 6.15. The topological polar surface area (TPSA) is 134 Å². The highest BCUT2D eigenvalue weighted by atomic mass is 32.2. The quantitative estimate of drug-likeness (QED) is 0.296. The van der Waals surface area contributed by atoms with E-state index in [9.17, 15) is 25.9 Å². The molecule has 9 nitrogen and oxygen atoms in total. The molecule has 1 aliphatic rings. The molecule has 1 aromatic heterocycles. The molecule has 0 N–H and O–H groups in total. The van der Waals surface area contributed by atoms with Crippen LogP contribution in [-0.4, -0.2) is 49.1 Å². The Labute approximate surface area is 206 Å². The van der Waals surface area contributed by atoms with Crippen LogP contribution < -0.4 is 9.58 Å². The van der Waals surface area contributed by atoms with E-state index in [1.807, 2.05) is 54.3 Å². The molecule has 34 heavy (non-hydrogen) atoms. The van der Waals surface area contributed by atoms with Crippen molar-refractivity contribution in [2.75, 3.05) is 23.0 Å². The summed E-state index contributed by atoms with van der Waals surface area (Å²) in [6.45, 7) is 2.46. The molecule has 1 aliphatic heterocycles. The minimum atomic E-state index is -4.33. The first-order chi connectivity index (χ1) is 16.0. The predicted octanol–water partition coefficient (Wildman–Crippen LogP) is 2.67. The zero-order valence-electron chi connectivity index (χ0n) is 18.2. The maximum absolute atomic E-state index is 11.2. The number of hydrogen-bond acceptors (Lipinski definition) is 10. The van der Waals surface area contributed by atoms with Crippen LogP contribution in [0.4, 0.5) is 5.69 Å². The number of fused-ring (bicyclic) bond motifs is 3. The van der Waals surface area contributed by atoms with Crippen molar-refractivity contribution in [3.05, 3.63) is 51.4 Å². The SMILES string of the molecule is Cc1n[n+](CCCS(=O)(=O)[O-])c(/C=C2\Sc3ccc4ccccc4c3N2CCCS(=O)(=O)[O-])s1. The molecule has 3 aromatic rings. The van der Waals surface area contributed by atoms with Crippen LogP contribution >= 0.6 is 23.1 Å². The van der Waals surface area contributed by atoms with Crippen molar-refractivity contribution in [2.45, 2.75) is 31.2 Å². The van der Waals surface area contributed by atoms with Crippen LogP contribution in [0, 0.1) is 6.92 Å². The lowest BCUT2D eigenvalue weighted by Crippen LogP contribution is -2.39. The number of anilines is 1. The molecule has 182 valence electrons. The van der Waals surface area contributed by atoms with Gasteiger partial charge in [0.25, 0.3) is 5.01 Å². The smallest absolute Gasteiger partial charge is 0.291 e. The number of aromatic nitrogens is 2. The Bertz CT molecular complexity index is 1460. The molecule has 0 amide bonds. The predicted molar refractivity (Wildman–Crippen MR) is 131 cm³/mol. The highest BCUT2D eigenvalue weighted by molar-refractivity contribution is 8.04. The Morgan fingerprint density at radius 3 is 2.47 bits per heavy atom. The van der Waals surface area contributed by atoms with E-state index in [4.69, 9.17) is 0 Å². The molecule has 13 heteroatoms. The maximum Gasteiger partial charge on any atom is 0.291 e. The van der Waals surface area contributed by atoms with E-state index in [2.05, 4.69) is 5.10 Å². The Balaban J connectivity index is 1.69. The molecule has 0 saturated heterocycles. The van der Waals surface area contributed by atoms with E-state index in [1.54, 1.807) is 4.68 Å². The fourth-order valence-electron chi connectivity index (χ4n) is 3.81. The summed E-state index contributed by atoms with van der Waals surface area (Å²) in [4.78, 5) is 3.04. The molecular weight excluding hydrogens is 519 g/mol. The first-order valence-electron chi connectivity index (χ1n) is 10.4. The number of benzene rings is 2. The molecule has 0 bridgehead atoms. The minimum absolute atomic E-state index is 0.152. The van der Waals surface area contributed by atoms with E-state index in [0.717, 1.165) is 36.4 Å². The highest BCUT2D eigenvalue weighted by Gasteiger charge is 2.29. The second-order valence-corrected chi connectivity index (χ2v) is 13.1. The van der Waals surface area contributed by atoms with Gasteiger partial charge in [0.2, 0.25) is 0 Å². The van der Waals surface area contributed by atoms with Crippen molar-refractivity contribution >= 4 is 65.9 Å². The van der Waals surface area contributed by atoms with Crippen molar-refractivity contribution in [3.63, 3.8) is 0 Å². The Hall–Kier alpha value is -2.03. The number of hydrogen-bond donors (Lipinski definition) is 0. The van der Waals surface area contributed by atoms with Gasteiger partial charge < -0.3 is 14.0 Å². The molecule has 4 rings (SSSR count). The molecule has 2 aromatic carbocycles. The van der Waals surface area contributed by atoms with E-state index in [1.165, 1.54) is 23.1 Å². The Morgan fingerprint density at radius 2 is 1.74 bits per heavy atom. The summed E-state index contributed by atoms with van der Waals surface area (Å²) in [6.07, 6.45) is 2.26. The highest BCUT2D eigenvalue weighted by Crippen LogP contribution is 2.50. The van der Waals surface area contributed by atoms with E-state index >= 15 is 0 Å². The van der Waals surface area contributed by atoms with Gasteiger partial charge in [-0.2, -0.15) is 0 Å². The third-order valence-electron chi connectivity index (χ3n) is 5.17. The first-order valence-corrected chi connectivity index (χ1v) is 15.2. The van der Waals surface area contributed by atoms with Crippen LogP contribution in [0.5, 0.6) is 0 Å². The third-order valence-corrected chi connectivity index (χ3v) is 8.76. The molecule has 0 unspecified atom stereocenters. The van der Waals surface area contributed by atoms with E-state index in [0.29, 0.717) is 6.54 Å². The lowest BCUT2D eigenvalue weighted by molar-refractivity contribution is -0.750. The average molecular weight is 541 g/mol. The first kappa shape index (κ1) is 25.1. The number of aryl methyl sites for hydroxylation is 2. The van der Waals surface area contributed by atoms with Gasteiger partial charge in [0, 0.05) is 39.9 Å². The van der Waals surface area contributed by atoms with Crippen LogP contribution in [0.15, 0.2) is 46.3 Å². The van der Waals surface area contributed by atoms with Gasteiger partial charge in [0.05, 0.1) is 37.0 Å². The summed E-state index contributed by atoms with van der Waals surface area (Å²) in [5, 5.41) is 8.92. The second kappa shape index (κ2) is 9.91. The van der Waals surface area contributed by atoms with Gasteiger partial charge in [-0.05, 0) is 36.1 Å². The van der Waals surface area contributed by atoms with Crippen LogP contribution in [0.1, 0.15) is 22.9 Å². The van der Waals surface area contributed by atoms with Gasteiger partial charge in [-0.1, -0.05) is 46.8 Å². The van der Waals surface area contributed by atoms with E-state index < -0.39 is 31.7 Å². The largest absolute Gasteiger partial charge is 0.748 e. The van der Waals surface area contributed by atoms with Gasteiger partial charge >= 0.3 is 0 Å². The number of nitrogens with zero attached hydrogens (tertiary/aromatic N) is 3. The monoisotopic (exact) mass is 540 g/mol. The van der Waals surface area contributed by atoms with Crippen LogP contribution in [-0.2, 0) is 26.8 Å². The van der Waals surface area contributed by atoms with Crippen LogP contribution in [0.25, 0.3) is 16.8 Å². The molecule has 0 saturated carbocycles. The van der Waals surface area contributed by atoms with Crippen molar-refractivity contribution < 1.29 is 30.6 Å². The van der Waals surface area contributed by atoms with E-state index in [-0.39, 0.29) is 19.4 Å². The summed E-state index contributed by atoms with van der Waals surface area (Å²) >= 11 is 2.97. The standard InChI is InChI=1S/C21H23N3O6S4/c1-15-22-24(11-5-13-34(28,29)30)20(31-15)14-19-23(10-4-12-33(25,26)27)21-17-7-3-2-6-16(17)8-9-18(21)32-19/h2-3,6-9,14H,4-5,10-13H2,1H3,(H-,25,26,27,28,29,30)/p-1. The average Bonchev–Trinajstić information content (AvgIpc) is 3.26. The van der Waals surface area contributed by atoms with Gasteiger partial charge in [-0.15, -0.1) is 0 Å². The van der Waals surface area contributed by atoms with Crippen LogP contribution in [0.3, 0.4) is 0 Å². The summed E-state index contributed by atoms with van der Waals surface area (Å²) < 4.78 is 68.1. The fraction of sp³-hybridized carbons (Fsp3) is 0.333. The Morgan fingerprint density at radius 1 is 1.03 bits per heavy atom. The van der Waals surface area contributed by atoms with Gasteiger partial charge in [-0.25, -0.2) is 16.8 Å². The molecule has 0 radical (unpaired) electrons. The van der Waals surface area contributed by atoms with Gasteiger partial charge in [0.15, 0.2) is 11.6 Å². The molecule has 0 spiro atoms. The minimum Gasteiger partial charge on any atom is -0.748 e. The molecule has 0 fully saturated rings. The number of rotatable bonds is 9. The normalized spacial score (nSPS) is 15.4. The summed E-state index contributed by atoms with van der Waals surface area (Å²) in [5.74, 6) is -0.917. The van der Waals surface area contributed by atoms with Gasteiger partial charge in [0.1, 0.15) is 0 Å². The van der Waals surface area contributed by atoms with Crippen LogP contribution in [0.2, 0.25) is 0 Å². The molecule has 2 heterocycles. The van der Waals surface area contributed by atoms with Crippen molar-refractivity contribution in [1.82, 2.24) is 5.10 Å². The molecular formula is C21H22N3O6S4-. The summed E-state index contributed by atoms with van der Waals surface area (Å²) in [7, 11) is -8.63. The fourth-order valence-corrected chi connectivity index (χ4v) is 6.84. The maximum atomic E-state index is 11.2. The lowest BCUT2D eigenvalue weighted by atomic mass is 10.1. The number of thioether (sulfide) groups is 1.